The van der Waals surface area contributed by atoms with Crippen molar-refractivity contribution in [1.82, 2.24) is 0 Å². The molecule has 1 atom stereocenters. The molecular weight excluding hydrogens is 267 g/mol. The first-order valence-corrected chi connectivity index (χ1v) is 9.00. The highest BCUT2D eigenvalue weighted by Gasteiger charge is 2.06. The number of ether oxygens (including phenoxy) is 1. The van der Waals surface area contributed by atoms with Gasteiger partial charge in [0.2, 0.25) is 6.36 Å². The number of carbonyl (C=O) groups excluding carboxylic acids is 1. The van der Waals surface area contributed by atoms with Gasteiger partial charge in [-0.2, -0.15) is 0 Å². The van der Waals surface area contributed by atoms with Crippen LogP contribution in [0.4, 0.5) is 4.39 Å². The summed E-state index contributed by atoms with van der Waals surface area (Å²) in [6.45, 7) is 3.49. The van der Waals surface area contributed by atoms with E-state index in [0.717, 1.165) is 12.8 Å². The van der Waals surface area contributed by atoms with Crippen LogP contribution in [0.2, 0.25) is 0 Å². The fourth-order valence-electron chi connectivity index (χ4n) is 2.53. The van der Waals surface area contributed by atoms with Crippen molar-refractivity contribution in [3.05, 3.63) is 0 Å². The zero-order valence-electron chi connectivity index (χ0n) is 14.2. The van der Waals surface area contributed by atoms with E-state index < -0.39 is 12.3 Å². The molecule has 0 saturated carbocycles. The predicted molar refractivity (Wildman–Crippen MR) is 87.0 cm³/mol. The summed E-state index contributed by atoms with van der Waals surface area (Å²) in [6, 6.07) is 0. The van der Waals surface area contributed by atoms with Gasteiger partial charge < -0.3 is 4.74 Å². The molecule has 0 amide bonds. The molecule has 0 fully saturated rings. The molecule has 0 aliphatic heterocycles. The highest BCUT2D eigenvalue weighted by Crippen LogP contribution is 2.13. The normalized spacial score (nSPS) is 12.3. The molecule has 0 aliphatic rings. The van der Waals surface area contributed by atoms with Gasteiger partial charge in [0.05, 0.1) is 0 Å². The van der Waals surface area contributed by atoms with Crippen molar-refractivity contribution < 1.29 is 13.9 Å². The van der Waals surface area contributed by atoms with E-state index in [-0.39, 0.29) is 0 Å². The second-order valence-electron chi connectivity index (χ2n) is 6.03. The molecule has 0 rings (SSSR count). The Labute approximate surface area is 130 Å². The fraction of sp³-hybridized carbons (Fsp3) is 0.944. The topological polar surface area (TPSA) is 26.3 Å². The molecular formula is C18H35FO2. The lowest BCUT2D eigenvalue weighted by molar-refractivity contribution is -0.156. The molecule has 0 heterocycles. The quantitative estimate of drug-likeness (QED) is 0.261. The Bertz CT molecular complexity index is 229. The summed E-state index contributed by atoms with van der Waals surface area (Å²) in [7, 11) is 0. The van der Waals surface area contributed by atoms with Gasteiger partial charge in [0, 0.05) is 13.3 Å². The van der Waals surface area contributed by atoms with Gasteiger partial charge in [-0.25, -0.2) is 4.39 Å². The summed E-state index contributed by atoms with van der Waals surface area (Å²) in [5.41, 5.74) is 0. The van der Waals surface area contributed by atoms with Crippen molar-refractivity contribution in [3.63, 3.8) is 0 Å². The predicted octanol–water partition coefficient (Wildman–Crippen LogP) is 6.33. The van der Waals surface area contributed by atoms with Gasteiger partial charge in [-0.15, -0.1) is 0 Å². The molecule has 0 radical (unpaired) electrons. The lowest BCUT2D eigenvalue weighted by Gasteiger charge is -2.05. The molecule has 0 aromatic heterocycles. The number of esters is 1. The average molecular weight is 302 g/mol. The lowest BCUT2D eigenvalue weighted by Crippen LogP contribution is -2.09. The molecule has 0 N–H and O–H groups in total. The molecule has 0 spiro atoms. The highest BCUT2D eigenvalue weighted by molar-refractivity contribution is 5.69. The van der Waals surface area contributed by atoms with Gasteiger partial charge in [0.25, 0.3) is 0 Å². The Morgan fingerprint density at radius 3 is 1.57 bits per heavy atom. The fourth-order valence-corrected chi connectivity index (χ4v) is 2.53. The summed E-state index contributed by atoms with van der Waals surface area (Å²) in [5, 5.41) is 0. The van der Waals surface area contributed by atoms with Crippen LogP contribution in [0, 0.1) is 0 Å². The monoisotopic (exact) mass is 302 g/mol. The van der Waals surface area contributed by atoms with Crippen LogP contribution in [-0.2, 0) is 9.53 Å². The van der Waals surface area contributed by atoms with E-state index in [9.17, 15) is 9.18 Å². The van der Waals surface area contributed by atoms with Crippen LogP contribution < -0.4 is 0 Å². The van der Waals surface area contributed by atoms with Crippen LogP contribution in [0.3, 0.4) is 0 Å². The smallest absolute Gasteiger partial charge is 0.308 e. The van der Waals surface area contributed by atoms with E-state index in [4.69, 9.17) is 0 Å². The van der Waals surface area contributed by atoms with E-state index in [1.165, 1.54) is 77.6 Å². The van der Waals surface area contributed by atoms with Gasteiger partial charge in [-0.1, -0.05) is 84.0 Å². The van der Waals surface area contributed by atoms with Crippen molar-refractivity contribution in [3.8, 4) is 0 Å². The Morgan fingerprint density at radius 1 is 0.810 bits per heavy atom. The minimum absolute atomic E-state index is 0.353. The Kier molecular flexibility index (Phi) is 15.3. The van der Waals surface area contributed by atoms with E-state index >= 15 is 0 Å². The molecule has 2 nitrogen and oxygen atoms in total. The SMILES string of the molecule is CCCCCCCCCCCCCCCC(=O)OC(C)F. The lowest BCUT2D eigenvalue weighted by atomic mass is 10.0. The first-order chi connectivity index (χ1) is 10.2. The summed E-state index contributed by atoms with van der Waals surface area (Å²) < 4.78 is 16.8. The van der Waals surface area contributed by atoms with E-state index in [0.29, 0.717) is 6.42 Å². The summed E-state index contributed by atoms with van der Waals surface area (Å²) in [6.07, 6.45) is 15.5. The van der Waals surface area contributed by atoms with Crippen molar-refractivity contribution >= 4 is 5.97 Å². The Morgan fingerprint density at radius 2 is 1.19 bits per heavy atom. The third-order valence-electron chi connectivity index (χ3n) is 3.78. The number of unbranched alkanes of at least 4 members (excludes halogenated alkanes) is 12. The number of rotatable bonds is 15. The molecule has 21 heavy (non-hydrogen) atoms. The molecule has 0 bridgehead atoms. The first-order valence-electron chi connectivity index (χ1n) is 9.00. The molecule has 0 aliphatic carbocycles. The third kappa shape index (κ3) is 17.3. The number of carbonyl (C=O) groups is 1. The van der Waals surface area contributed by atoms with Crippen LogP contribution in [-0.4, -0.2) is 12.3 Å². The Hall–Kier alpha value is -0.600. The minimum atomic E-state index is -1.47. The maximum atomic E-state index is 12.4. The second-order valence-corrected chi connectivity index (χ2v) is 6.03. The van der Waals surface area contributed by atoms with Gasteiger partial charge in [0.15, 0.2) is 0 Å². The average Bonchev–Trinajstić information content (AvgIpc) is 2.43. The van der Waals surface area contributed by atoms with Crippen molar-refractivity contribution in [2.75, 3.05) is 0 Å². The van der Waals surface area contributed by atoms with Crippen LogP contribution in [0.25, 0.3) is 0 Å². The molecule has 0 aromatic rings. The third-order valence-corrected chi connectivity index (χ3v) is 3.78. The van der Waals surface area contributed by atoms with Crippen LogP contribution in [0.5, 0.6) is 0 Å². The summed E-state index contributed by atoms with van der Waals surface area (Å²) in [4.78, 5) is 11.1. The molecule has 126 valence electrons. The van der Waals surface area contributed by atoms with Crippen molar-refractivity contribution in [1.29, 1.82) is 0 Å². The standard InChI is InChI=1S/C18H35FO2/c1-3-4-5-6-7-8-9-10-11-12-13-14-15-16-18(20)21-17(2)19/h17H,3-16H2,1-2H3. The first kappa shape index (κ1) is 20.4. The van der Waals surface area contributed by atoms with E-state index in [1.54, 1.807) is 0 Å². The van der Waals surface area contributed by atoms with E-state index in [1.807, 2.05) is 0 Å². The van der Waals surface area contributed by atoms with E-state index in [2.05, 4.69) is 11.7 Å². The van der Waals surface area contributed by atoms with Crippen LogP contribution in [0.15, 0.2) is 0 Å². The van der Waals surface area contributed by atoms with Gasteiger partial charge in [-0.05, 0) is 6.42 Å². The number of alkyl halides is 1. The van der Waals surface area contributed by atoms with Gasteiger partial charge >= 0.3 is 5.97 Å². The number of hydrogen-bond acceptors (Lipinski definition) is 2. The van der Waals surface area contributed by atoms with Crippen LogP contribution >= 0.6 is 0 Å². The maximum Gasteiger partial charge on any atom is 0.308 e. The largest absolute Gasteiger partial charge is 0.431 e. The second kappa shape index (κ2) is 15.8. The van der Waals surface area contributed by atoms with Gasteiger partial charge in [0.1, 0.15) is 0 Å². The maximum absolute atomic E-state index is 12.4. The van der Waals surface area contributed by atoms with Crippen LogP contribution in [0.1, 0.15) is 104 Å². The Balaban J connectivity index is 3.07. The highest BCUT2D eigenvalue weighted by atomic mass is 19.1. The number of halogens is 1. The molecule has 1 unspecified atom stereocenters. The zero-order valence-corrected chi connectivity index (χ0v) is 14.2. The summed E-state index contributed by atoms with van der Waals surface area (Å²) >= 11 is 0. The minimum Gasteiger partial charge on any atom is -0.431 e. The zero-order chi connectivity index (χ0) is 15.8. The summed E-state index contributed by atoms with van der Waals surface area (Å²) in [5.74, 6) is -0.409. The molecule has 0 saturated heterocycles. The van der Waals surface area contributed by atoms with Gasteiger partial charge in [-0.3, -0.25) is 4.79 Å². The number of hydrogen-bond donors (Lipinski definition) is 0. The van der Waals surface area contributed by atoms with Crippen molar-refractivity contribution in [2.24, 2.45) is 0 Å². The van der Waals surface area contributed by atoms with Crippen molar-refractivity contribution in [2.45, 2.75) is 110 Å². The molecule has 3 heteroatoms. The molecule has 0 aromatic carbocycles.